The van der Waals surface area contributed by atoms with Crippen LogP contribution in [0.15, 0.2) is 5.38 Å². The van der Waals surface area contributed by atoms with Gasteiger partial charge in [0.25, 0.3) is 0 Å². The SMILES string of the molecule is CO[C@H](C)c1nc(CN(C)[C@H]2CCCC[C@@H]2S(C)(=O)=O)cs1. The van der Waals surface area contributed by atoms with Crippen molar-refractivity contribution in [3.05, 3.63) is 16.1 Å². The summed E-state index contributed by atoms with van der Waals surface area (Å²) in [6, 6.07) is 0.0914. The average molecular weight is 347 g/mol. The van der Waals surface area contributed by atoms with E-state index in [1.165, 1.54) is 6.26 Å². The Morgan fingerprint density at radius 2 is 2.14 bits per heavy atom. The van der Waals surface area contributed by atoms with Gasteiger partial charge in [0.05, 0.1) is 10.9 Å². The second-order valence-corrected chi connectivity index (χ2v) is 9.34. The predicted octanol–water partition coefficient (Wildman–Crippen LogP) is 2.64. The lowest BCUT2D eigenvalue weighted by Crippen LogP contribution is -2.46. The Bertz CT molecular complexity index is 585. The van der Waals surface area contributed by atoms with Crippen molar-refractivity contribution < 1.29 is 13.2 Å². The first kappa shape index (κ1) is 17.8. The largest absolute Gasteiger partial charge is 0.375 e. The monoisotopic (exact) mass is 346 g/mol. The van der Waals surface area contributed by atoms with E-state index in [0.29, 0.717) is 6.54 Å². The lowest BCUT2D eigenvalue weighted by atomic mass is 9.94. The van der Waals surface area contributed by atoms with Gasteiger partial charge in [0.2, 0.25) is 0 Å². The number of thiazole rings is 1. The summed E-state index contributed by atoms with van der Waals surface area (Å²) in [5, 5.41) is 2.76. The molecule has 1 aromatic rings. The van der Waals surface area contributed by atoms with Crippen molar-refractivity contribution >= 4 is 21.2 Å². The summed E-state index contributed by atoms with van der Waals surface area (Å²) >= 11 is 1.60. The van der Waals surface area contributed by atoms with E-state index < -0.39 is 9.84 Å². The molecule has 1 saturated carbocycles. The van der Waals surface area contributed by atoms with Gasteiger partial charge in [-0.2, -0.15) is 0 Å². The highest BCUT2D eigenvalue weighted by atomic mass is 32.2. The fourth-order valence-electron chi connectivity index (χ4n) is 3.14. The van der Waals surface area contributed by atoms with Gasteiger partial charge in [-0.1, -0.05) is 12.8 Å². The molecule has 126 valence electrons. The maximum absolute atomic E-state index is 12.0. The first-order valence-electron chi connectivity index (χ1n) is 7.69. The Morgan fingerprint density at radius 3 is 2.77 bits per heavy atom. The lowest BCUT2D eigenvalue weighted by Gasteiger charge is -2.36. The Kier molecular flexibility index (Phi) is 5.99. The summed E-state index contributed by atoms with van der Waals surface area (Å²) in [4.78, 5) is 6.76. The number of rotatable bonds is 6. The second kappa shape index (κ2) is 7.38. The van der Waals surface area contributed by atoms with Crippen LogP contribution < -0.4 is 0 Å². The zero-order valence-electron chi connectivity index (χ0n) is 13.8. The molecular weight excluding hydrogens is 320 g/mol. The molecule has 0 N–H and O–H groups in total. The first-order chi connectivity index (χ1) is 10.3. The van der Waals surface area contributed by atoms with E-state index in [4.69, 9.17) is 4.74 Å². The van der Waals surface area contributed by atoms with E-state index >= 15 is 0 Å². The third kappa shape index (κ3) is 4.28. The van der Waals surface area contributed by atoms with E-state index in [2.05, 4.69) is 9.88 Å². The minimum atomic E-state index is -3.00. The molecule has 3 atom stereocenters. The molecule has 22 heavy (non-hydrogen) atoms. The maximum atomic E-state index is 12.0. The van der Waals surface area contributed by atoms with Crippen LogP contribution in [0.3, 0.4) is 0 Å². The van der Waals surface area contributed by atoms with Gasteiger partial charge in [0, 0.05) is 31.3 Å². The molecule has 0 aliphatic heterocycles. The Hall–Kier alpha value is -0.500. The van der Waals surface area contributed by atoms with Crippen LogP contribution in [0.1, 0.15) is 49.4 Å². The molecule has 1 aromatic heterocycles. The summed E-state index contributed by atoms with van der Waals surface area (Å²) in [5.74, 6) is 0. The Morgan fingerprint density at radius 1 is 1.45 bits per heavy atom. The molecule has 0 unspecified atom stereocenters. The third-order valence-corrected chi connectivity index (χ3v) is 7.17. The summed E-state index contributed by atoms with van der Waals surface area (Å²) in [6.07, 6.45) is 5.20. The quantitative estimate of drug-likeness (QED) is 0.792. The van der Waals surface area contributed by atoms with Crippen LogP contribution in [0.25, 0.3) is 0 Å². The van der Waals surface area contributed by atoms with Gasteiger partial charge in [-0.05, 0) is 26.8 Å². The number of aromatic nitrogens is 1. The maximum Gasteiger partial charge on any atom is 0.151 e. The van der Waals surface area contributed by atoms with Crippen LogP contribution >= 0.6 is 11.3 Å². The second-order valence-electron chi connectivity index (χ2n) is 6.19. The van der Waals surface area contributed by atoms with Crippen molar-refractivity contribution in [2.45, 2.75) is 56.5 Å². The van der Waals surface area contributed by atoms with Gasteiger partial charge in [-0.3, -0.25) is 4.90 Å². The summed E-state index contributed by atoms with van der Waals surface area (Å²) in [6.45, 7) is 2.66. The van der Waals surface area contributed by atoms with Crippen LogP contribution in [0.4, 0.5) is 0 Å². The number of ether oxygens (including phenoxy) is 1. The summed E-state index contributed by atoms with van der Waals surface area (Å²) < 4.78 is 29.3. The van der Waals surface area contributed by atoms with E-state index in [9.17, 15) is 8.42 Å². The highest BCUT2D eigenvalue weighted by Crippen LogP contribution is 2.29. The van der Waals surface area contributed by atoms with Crippen molar-refractivity contribution in [1.29, 1.82) is 0 Å². The standard InChI is InChI=1S/C15H26N2O3S2/c1-11(20-3)15-16-12(10-21-15)9-17(2)13-7-5-6-8-14(13)22(4,18)19/h10-11,13-14H,5-9H2,1-4H3/t11-,13+,14+/m1/s1. The zero-order valence-corrected chi connectivity index (χ0v) is 15.4. The molecule has 2 rings (SSSR count). The Balaban J connectivity index is 2.07. The van der Waals surface area contributed by atoms with Crippen molar-refractivity contribution in [3.8, 4) is 0 Å². The first-order valence-corrected chi connectivity index (χ1v) is 10.5. The number of methoxy groups -OCH3 is 1. The normalized spacial score (nSPS) is 24.6. The van der Waals surface area contributed by atoms with Crippen LogP contribution in [-0.4, -0.2) is 50.0 Å². The molecule has 7 heteroatoms. The third-order valence-electron chi connectivity index (χ3n) is 4.47. The van der Waals surface area contributed by atoms with Crippen molar-refractivity contribution in [2.24, 2.45) is 0 Å². The minimum Gasteiger partial charge on any atom is -0.375 e. The summed E-state index contributed by atoms with van der Waals surface area (Å²) in [5.41, 5.74) is 0.990. The van der Waals surface area contributed by atoms with Crippen molar-refractivity contribution in [2.75, 3.05) is 20.4 Å². The van der Waals surface area contributed by atoms with E-state index in [0.717, 1.165) is 36.4 Å². The molecule has 0 spiro atoms. The van der Waals surface area contributed by atoms with Crippen molar-refractivity contribution in [3.63, 3.8) is 0 Å². The van der Waals surface area contributed by atoms with Gasteiger partial charge >= 0.3 is 0 Å². The molecule has 5 nitrogen and oxygen atoms in total. The van der Waals surface area contributed by atoms with Crippen LogP contribution in [-0.2, 0) is 21.1 Å². The van der Waals surface area contributed by atoms with E-state index in [1.807, 2.05) is 19.4 Å². The highest BCUT2D eigenvalue weighted by Gasteiger charge is 2.35. The van der Waals surface area contributed by atoms with Crippen molar-refractivity contribution in [1.82, 2.24) is 9.88 Å². The van der Waals surface area contributed by atoms with E-state index in [1.54, 1.807) is 18.4 Å². The van der Waals surface area contributed by atoms with Crippen LogP contribution in [0.5, 0.6) is 0 Å². The molecular formula is C15H26N2O3S2. The fraction of sp³-hybridized carbons (Fsp3) is 0.800. The molecule has 1 heterocycles. The molecule has 0 aromatic carbocycles. The lowest BCUT2D eigenvalue weighted by molar-refractivity contribution is 0.119. The van der Waals surface area contributed by atoms with Crippen LogP contribution in [0.2, 0.25) is 0 Å². The predicted molar refractivity (Wildman–Crippen MR) is 89.9 cm³/mol. The fourth-order valence-corrected chi connectivity index (χ4v) is 5.49. The average Bonchev–Trinajstić information content (AvgIpc) is 2.94. The number of sulfone groups is 1. The number of nitrogens with zero attached hydrogens (tertiary/aromatic N) is 2. The van der Waals surface area contributed by atoms with Gasteiger partial charge in [-0.25, -0.2) is 13.4 Å². The van der Waals surface area contributed by atoms with Crippen LogP contribution in [0, 0.1) is 0 Å². The number of hydrogen-bond donors (Lipinski definition) is 0. The highest BCUT2D eigenvalue weighted by molar-refractivity contribution is 7.91. The van der Waals surface area contributed by atoms with Gasteiger partial charge < -0.3 is 4.74 Å². The zero-order chi connectivity index (χ0) is 16.3. The molecule has 0 saturated heterocycles. The molecule has 0 amide bonds. The van der Waals surface area contributed by atoms with E-state index in [-0.39, 0.29) is 17.4 Å². The summed E-state index contributed by atoms with van der Waals surface area (Å²) in [7, 11) is 0.680. The Labute approximate surface area is 137 Å². The van der Waals surface area contributed by atoms with Gasteiger partial charge in [-0.15, -0.1) is 11.3 Å². The number of hydrogen-bond acceptors (Lipinski definition) is 6. The molecule has 0 radical (unpaired) electrons. The molecule has 0 bridgehead atoms. The van der Waals surface area contributed by atoms with Gasteiger partial charge in [0.15, 0.2) is 9.84 Å². The topological polar surface area (TPSA) is 59.5 Å². The minimum absolute atomic E-state index is 0.00232. The van der Waals surface area contributed by atoms with Gasteiger partial charge in [0.1, 0.15) is 11.1 Å². The molecule has 1 fully saturated rings. The molecule has 1 aliphatic rings. The smallest absolute Gasteiger partial charge is 0.151 e. The molecule has 1 aliphatic carbocycles.